The van der Waals surface area contributed by atoms with E-state index in [4.69, 9.17) is 0 Å². The zero-order valence-corrected chi connectivity index (χ0v) is 10.2. The molecule has 0 saturated carbocycles. The van der Waals surface area contributed by atoms with Crippen molar-refractivity contribution in [3.05, 3.63) is 35.4 Å². The van der Waals surface area contributed by atoms with Crippen LogP contribution in [0.15, 0.2) is 18.2 Å². The second-order valence-electron chi connectivity index (χ2n) is 4.83. The summed E-state index contributed by atoms with van der Waals surface area (Å²) in [6, 6.07) is 3.84. The molecule has 0 radical (unpaired) electrons. The maximum Gasteiger partial charge on any atom is 0.401 e. The highest BCUT2D eigenvalue weighted by molar-refractivity contribution is 5.23. The Morgan fingerprint density at radius 1 is 1.21 bits per heavy atom. The summed E-state index contributed by atoms with van der Waals surface area (Å²) in [5.41, 5.74) is 0.173. The first kappa shape index (κ1) is 14.2. The lowest BCUT2D eigenvalue weighted by molar-refractivity contribution is -0.148. The van der Waals surface area contributed by atoms with Gasteiger partial charge in [0.05, 0.1) is 6.54 Å². The molecule has 1 heterocycles. The minimum atomic E-state index is -4.26. The van der Waals surface area contributed by atoms with Gasteiger partial charge in [-0.05, 0) is 36.9 Å². The standard InChI is InChI=1S/C13H14F5N/c14-11-5-1-4-10(12(11)15)9-3-2-6-19(7-9)8-13(16,17)18/h1,4-5,9H,2-3,6-8H2. The second-order valence-corrected chi connectivity index (χ2v) is 4.83. The smallest absolute Gasteiger partial charge is 0.294 e. The summed E-state index contributed by atoms with van der Waals surface area (Å²) in [4.78, 5) is 1.25. The molecule has 19 heavy (non-hydrogen) atoms. The van der Waals surface area contributed by atoms with E-state index in [0.717, 1.165) is 6.07 Å². The lowest BCUT2D eigenvalue weighted by atomic mass is 9.90. The van der Waals surface area contributed by atoms with Crippen molar-refractivity contribution in [3.8, 4) is 0 Å². The Morgan fingerprint density at radius 3 is 2.63 bits per heavy atom. The average molecular weight is 279 g/mol. The minimum Gasteiger partial charge on any atom is -0.294 e. The Kier molecular flexibility index (Phi) is 4.08. The number of rotatable bonds is 2. The van der Waals surface area contributed by atoms with Gasteiger partial charge < -0.3 is 0 Å². The molecule has 0 amide bonds. The minimum absolute atomic E-state index is 0.111. The van der Waals surface area contributed by atoms with Gasteiger partial charge in [0.2, 0.25) is 0 Å². The number of nitrogens with zero attached hydrogens (tertiary/aromatic N) is 1. The molecule has 1 aromatic rings. The predicted molar refractivity (Wildman–Crippen MR) is 60.8 cm³/mol. The third-order valence-electron chi connectivity index (χ3n) is 3.33. The number of likely N-dealkylation sites (tertiary alicyclic amines) is 1. The van der Waals surface area contributed by atoms with Crippen LogP contribution in [0, 0.1) is 11.6 Å². The molecule has 0 bridgehead atoms. The summed E-state index contributed by atoms with van der Waals surface area (Å²) >= 11 is 0. The van der Waals surface area contributed by atoms with Crippen molar-refractivity contribution in [1.82, 2.24) is 4.90 Å². The van der Waals surface area contributed by atoms with Crippen LogP contribution in [0.5, 0.6) is 0 Å². The van der Waals surface area contributed by atoms with E-state index in [1.54, 1.807) is 0 Å². The van der Waals surface area contributed by atoms with Crippen LogP contribution in [0.3, 0.4) is 0 Å². The third kappa shape index (κ3) is 3.65. The molecule has 1 unspecified atom stereocenters. The first-order valence-electron chi connectivity index (χ1n) is 6.10. The lowest BCUT2D eigenvalue weighted by Crippen LogP contribution is -2.40. The van der Waals surface area contributed by atoms with E-state index in [1.165, 1.54) is 17.0 Å². The number of halogens is 5. The molecular formula is C13H14F5N. The van der Waals surface area contributed by atoms with Gasteiger partial charge in [0.15, 0.2) is 11.6 Å². The molecule has 0 aromatic heterocycles. The Labute approximate surface area is 108 Å². The van der Waals surface area contributed by atoms with Crippen molar-refractivity contribution >= 4 is 0 Å². The van der Waals surface area contributed by atoms with E-state index in [-0.39, 0.29) is 18.0 Å². The van der Waals surface area contributed by atoms with Crippen LogP contribution in [0.1, 0.15) is 24.3 Å². The van der Waals surface area contributed by atoms with Crippen LogP contribution in [0.2, 0.25) is 0 Å². The highest BCUT2D eigenvalue weighted by atomic mass is 19.4. The van der Waals surface area contributed by atoms with E-state index in [9.17, 15) is 22.0 Å². The normalized spacial score (nSPS) is 21.6. The van der Waals surface area contributed by atoms with Gasteiger partial charge in [0.1, 0.15) is 0 Å². The lowest BCUT2D eigenvalue weighted by Gasteiger charge is -2.33. The van der Waals surface area contributed by atoms with Crippen LogP contribution in [0.25, 0.3) is 0 Å². The van der Waals surface area contributed by atoms with Crippen molar-refractivity contribution in [3.63, 3.8) is 0 Å². The Bertz CT molecular complexity index is 443. The van der Waals surface area contributed by atoms with Crippen molar-refractivity contribution in [2.24, 2.45) is 0 Å². The van der Waals surface area contributed by atoms with Gasteiger partial charge in [-0.15, -0.1) is 0 Å². The summed E-state index contributed by atoms with van der Waals surface area (Å²) < 4.78 is 63.8. The van der Waals surface area contributed by atoms with Crippen LogP contribution in [0.4, 0.5) is 22.0 Å². The molecule has 0 spiro atoms. The van der Waals surface area contributed by atoms with Crippen LogP contribution >= 0.6 is 0 Å². The van der Waals surface area contributed by atoms with E-state index in [2.05, 4.69) is 0 Å². The zero-order valence-electron chi connectivity index (χ0n) is 10.2. The molecule has 2 rings (SSSR count). The maximum atomic E-state index is 13.6. The molecule has 0 N–H and O–H groups in total. The first-order chi connectivity index (χ1) is 8.87. The SMILES string of the molecule is Fc1cccc(C2CCCN(CC(F)(F)F)C2)c1F. The van der Waals surface area contributed by atoms with Gasteiger partial charge in [0, 0.05) is 6.54 Å². The summed E-state index contributed by atoms with van der Waals surface area (Å²) in [7, 11) is 0. The molecule has 1 atom stereocenters. The molecule has 1 aromatic carbocycles. The maximum absolute atomic E-state index is 13.6. The van der Waals surface area contributed by atoms with Gasteiger partial charge in [-0.2, -0.15) is 13.2 Å². The number of hydrogen-bond acceptors (Lipinski definition) is 1. The Morgan fingerprint density at radius 2 is 1.95 bits per heavy atom. The van der Waals surface area contributed by atoms with Crippen molar-refractivity contribution in [2.45, 2.75) is 24.9 Å². The quantitative estimate of drug-likeness (QED) is 0.746. The van der Waals surface area contributed by atoms with E-state index in [1.807, 2.05) is 0 Å². The van der Waals surface area contributed by atoms with E-state index >= 15 is 0 Å². The summed E-state index contributed by atoms with van der Waals surface area (Å²) in [5.74, 6) is -2.28. The Hall–Kier alpha value is -1.17. The van der Waals surface area contributed by atoms with Gasteiger partial charge in [-0.1, -0.05) is 12.1 Å². The third-order valence-corrected chi connectivity index (χ3v) is 3.33. The van der Waals surface area contributed by atoms with Crippen LogP contribution in [-0.4, -0.2) is 30.7 Å². The fraction of sp³-hybridized carbons (Fsp3) is 0.538. The van der Waals surface area contributed by atoms with Crippen molar-refractivity contribution < 1.29 is 22.0 Å². The number of hydrogen-bond donors (Lipinski definition) is 0. The number of alkyl halides is 3. The molecule has 1 aliphatic heterocycles. The van der Waals surface area contributed by atoms with E-state index in [0.29, 0.717) is 19.4 Å². The summed E-state index contributed by atoms with van der Waals surface area (Å²) in [6.07, 6.45) is -3.13. The largest absolute Gasteiger partial charge is 0.401 e. The second kappa shape index (κ2) is 5.45. The van der Waals surface area contributed by atoms with Crippen molar-refractivity contribution in [2.75, 3.05) is 19.6 Å². The molecule has 1 nitrogen and oxygen atoms in total. The topological polar surface area (TPSA) is 3.24 Å². The number of piperidine rings is 1. The van der Waals surface area contributed by atoms with E-state index < -0.39 is 24.4 Å². The van der Waals surface area contributed by atoms with Crippen LogP contribution in [-0.2, 0) is 0 Å². The van der Waals surface area contributed by atoms with Crippen LogP contribution < -0.4 is 0 Å². The van der Waals surface area contributed by atoms with Gasteiger partial charge >= 0.3 is 6.18 Å². The molecule has 1 aliphatic rings. The van der Waals surface area contributed by atoms with Crippen molar-refractivity contribution in [1.29, 1.82) is 0 Å². The average Bonchev–Trinajstić information content (AvgIpc) is 2.31. The fourth-order valence-electron chi connectivity index (χ4n) is 2.54. The molecule has 0 aliphatic carbocycles. The van der Waals surface area contributed by atoms with Gasteiger partial charge in [-0.25, -0.2) is 8.78 Å². The summed E-state index contributed by atoms with van der Waals surface area (Å²) in [6.45, 7) is -0.548. The molecule has 106 valence electrons. The zero-order chi connectivity index (χ0) is 14.0. The van der Waals surface area contributed by atoms with Gasteiger partial charge in [-0.3, -0.25) is 4.90 Å². The molecule has 1 fully saturated rings. The molecule has 6 heteroatoms. The number of benzene rings is 1. The highest BCUT2D eigenvalue weighted by Crippen LogP contribution is 2.31. The molecule has 1 saturated heterocycles. The fourth-order valence-corrected chi connectivity index (χ4v) is 2.54. The molecular weight excluding hydrogens is 265 g/mol. The first-order valence-corrected chi connectivity index (χ1v) is 6.10. The Balaban J connectivity index is 2.11. The summed E-state index contributed by atoms with van der Waals surface area (Å²) in [5, 5.41) is 0. The predicted octanol–water partition coefficient (Wildman–Crippen LogP) is 3.71. The highest BCUT2D eigenvalue weighted by Gasteiger charge is 2.34. The monoisotopic (exact) mass is 279 g/mol. The van der Waals surface area contributed by atoms with Gasteiger partial charge in [0.25, 0.3) is 0 Å².